The molecule has 0 spiro atoms. The second-order valence-corrected chi connectivity index (χ2v) is 6.08. The molecule has 5 nitrogen and oxygen atoms in total. The summed E-state index contributed by atoms with van der Waals surface area (Å²) < 4.78 is 10.4. The van der Waals surface area contributed by atoms with Gasteiger partial charge in [-0.2, -0.15) is 0 Å². The first-order valence-corrected chi connectivity index (χ1v) is 8.01. The molecule has 23 heavy (non-hydrogen) atoms. The van der Waals surface area contributed by atoms with Gasteiger partial charge in [0.1, 0.15) is 5.75 Å². The summed E-state index contributed by atoms with van der Waals surface area (Å²) >= 11 is 0. The SMILES string of the molecule is COc1ccc(N2C(=O)[C@H](OC)[C@@H]2[C@H](O)CC2=CCCC2)cc1. The van der Waals surface area contributed by atoms with Gasteiger partial charge in [-0.15, -0.1) is 0 Å². The summed E-state index contributed by atoms with van der Waals surface area (Å²) in [5, 5.41) is 10.6. The second kappa shape index (κ2) is 6.72. The number of ether oxygens (including phenoxy) is 2. The zero-order chi connectivity index (χ0) is 16.4. The Morgan fingerprint density at radius 3 is 2.61 bits per heavy atom. The fraction of sp³-hybridized carbons (Fsp3) is 0.500. The highest BCUT2D eigenvalue weighted by molar-refractivity contribution is 6.05. The van der Waals surface area contributed by atoms with Crippen molar-refractivity contribution in [1.29, 1.82) is 0 Å². The van der Waals surface area contributed by atoms with Gasteiger partial charge in [-0.1, -0.05) is 11.6 Å². The molecule has 1 aliphatic heterocycles. The molecule has 1 fully saturated rings. The average Bonchev–Trinajstić information content (AvgIpc) is 3.06. The van der Waals surface area contributed by atoms with Crippen molar-refractivity contribution in [3.8, 4) is 5.75 Å². The molecule has 1 aliphatic carbocycles. The van der Waals surface area contributed by atoms with Crippen molar-refractivity contribution in [2.45, 2.75) is 43.9 Å². The normalized spacial score (nSPS) is 25.1. The van der Waals surface area contributed by atoms with Crippen LogP contribution in [0, 0.1) is 0 Å². The number of aliphatic hydroxyl groups is 1. The molecular weight excluding hydrogens is 294 g/mol. The van der Waals surface area contributed by atoms with Crippen LogP contribution in [0.1, 0.15) is 25.7 Å². The van der Waals surface area contributed by atoms with Crippen LogP contribution in [-0.4, -0.2) is 43.5 Å². The first kappa shape index (κ1) is 16.0. The minimum atomic E-state index is -0.621. The van der Waals surface area contributed by atoms with Crippen molar-refractivity contribution in [1.82, 2.24) is 0 Å². The average molecular weight is 317 g/mol. The third-order valence-electron chi connectivity index (χ3n) is 4.69. The molecule has 1 amide bonds. The van der Waals surface area contributed by atoms with E-state index in [4.69, 9.17) is 9.47 Å². The zero-order valence-corrected chi connectivity index (χ0v) is 13.6. The Labute approximate surface area is 136 Å². The van der Waals surface area contributed by atoms with Crippen LogP contribution in [0.4, 0.5) is 5.69 Å². The van der Waals surface area contributed by atoms with Gasteiger partial charge in [0.2, 0.25) is 0 Å². The molecule has 3 atom stereocenters. The predicted molar refractivity (Wildman–Crippen MR) is 87.6 cm³/mol. The Morgan fingerprint density at radius 1 is 1.30 bits per heavy atom. The Hall–Kier alpha value is -1.85. The number of carbonyl (C=O) groups excluding carboxylic acids is 1. The third kappa shape index (κ3) is 2.99. The van der Waals surface area contributed by atoms with Crippen molar-refractivity contribution in [2.75, 3.05) is 19.1 Å². The maximum Gasteiger partial charge on any atom is 0.258 e. The largest absolute Gasteiger partial charge is 0.497 e. The first-order valence-electron chi connectivity index (χ1n) is 8.01. The summed E-state index contributed by atoms with van der Waals surface area (Å²) in [7, 11) is 3.12. The molecule has 1 N–H and O–H groups in total. The van der Waals surface area contributed by atoms with Crippen molar-refractivity contribution < 1.29 is 19.4 Å². The number of carbonyl (C=O) groups is 1. The highest BCUT2D eigenvalue weighted by atomic mass is 16.5. The fourth-order valence-electron chi connectivity index (χ4n) is 3.45. The zero-order valence-electron chi connectivity index (χ0n) is 13.6. The maximum atomic E-state index is 12.3. The van der Waals surface area contributed by atoms with E-state index in [0.717, 1.165) is 30.7 Å². The van der Waals surface area contributed by atoms with Crippen molar-refractivity contribution in [2.24, 2.45) is 0 Å². The van der Waals surface area contributed by atoms with Crippen molar-refractivity contribution in [3.63, 3.8) is 0 Å². The van der Waals surface area contributed by atoms with Crippen LogP contribution in [-0.2, 0) is 9.53 Å². The molecule has 2 aliphatic rings. The molecule has 1 aromatic carbocycles. The number of hydrogen-bond donors (Lipinski definition) is 1. The van der Waals surface area contributed by atoms with Crippen LogP contribution in [0.15, 0.2) is 35.9 Å². The van der Waals surface area contributed by atoms with Gasteiger partial charge in [0.05, 0.1) is 19.3 Å². The number of methoxy groups -OCH3 is 2. The second-order valence-electron chi connectivity index (χ2n) is 6.08. The van der Waals surface area contributed by atoms with Gasteiger partial charge in [0.15, 0.2) is 6.10 Å². The third-order valence-corrected chi connectivity index (χ3v) is 4.69. The minimum absolute atomic E-state index is 0.109. The summed E-state index contributed by atoms with van der Waals surface area (Å²) in [6, 6.07) is 6.94. The molecular formula is C18H23NO4. The lowest BCUT2D eigenvalue weighted by atomic mass is 9.88. The molecule has 0 bridgehead atoms. The molecule has 0 aromatic heterocycles. The van der Waals surface area contributed by atoms with Crippen LogP contribution in [0.3, 0.4) is 0 Å². The Bertz CT molecular complexity index is 596. The Balaban J connectivity index is 1.77. The topological polar surface area (TPSA) is 59.0 Å². The molecule has 0 radical (unpaired) electrons. The van der Waals surface area contributed by atoms with Gasteiger partial charge in [0.25, 0.3) is 5.91 Å². The monoisotopic (exact) mass is 317 g/mol. The van der Waals surface area contributed by atoms with Crippen LogP contribution in [0.5, 0.6) is 5.75 Å². The summed E-state index contributed by atoms with van der Waals surface area (Å²) in [4.78, 5) is 14.0. The quantitative estimate of drug-likeness (QED) is 0.646. The summed E-state index contributed by atoms with van der Waals surface area (Å²) in [6.07, 6.45) is 4.88. The molecule has 0 saturated carbocycles. The van der Waals surface area contributed by atoms with Crippen LogP contribution >= 0.6 is 0 Å². The van der Waals surface area contributed by atoms with E-state index < -0.39 is 12.2 Å². The molecule has 3 rings (SSSR count). The van der Waals surface area contributed by atoms with E-state index in [0.29, 0.717) is 6.42 Å². The summed E-state index contributed by atoms with van der Waals surface area (Å²) in [6.45, 7) is 0. The number of rotatable bonds is 6. The Kier molecular flexibility index (Phi) is 4.68. The van der Waals surface area contributed by atoms with E-state index in [1.807, 2.05) is 24.3 Å². The van der Waals surface area contributed by atoms with Crippen LogP contribution in [0.2, 0.25) is 0 Å². The number of aliphatic hydroxyl groups excluding tert-OH is 1. The van der Waals surface area contributed by atoms with E-state index in [-0.39, 0.29) is 11.9 Å². The number of anilines is 1. The molecule has 1 aromatic rings. The van der Waals surface area contributed by atoms with E-state index in [2.05, 4.69) is 6.08 Å². The molecule has 1 heterocycles. The molecule has 0 unspecified atom stereocenters. The maximum absolute atomic E-state index is 12.3. The van der Waals surface area contributed by atoms with E-state index >= 15 is 0 Å². The van der Waals surface area contributed by atoms with Crippen LogP contribution in [0.25, 0.3) is 0 Å². The standard InChI is InChI=1S/C18H23NO4/c1-22-14-9-7-13(8-10-14)19-16(17(23-2)18(19)21)15(20)11-12-5-3-4-6-12/h5,7-10,15-17,20H,3-4,6,11H2,1-2H3/t15-,16+,17-/m1/s1. The Morgan fingerprint density at radius 2 is 2.04 bits per heavy atom. The lowest BCUT2D eigenvalue weighted by Gasteiger charge is -2.48. The molecule has 5 heteroatoms. The summed E-state index contributed by atoms with van der Waals surface area (Å²) in [5.41, 5.74) is 2.04. The predicted octanol–water partition coefficient (Wildman–Crippen LogP) is 2.29. The van der Waals surface area contributed by atoms with E-state index in [9.17, 15) is 9.90 Å². The van der Waals surface area contributed by atoms with E-state index in [1.165, 1.54) is 12.7 Å². The van der Waals surface area contributed by atoms with Gasteiger partial charge in [-0.25, -0.2) is 0 Å². The first-order chi connectivity index (χ1) is 11.2. The molecule has 1 saturated heterocycles. The number of benzene rings is 1. The van der Waals surface area contributed by atoms with Gasteiger partial charge in [0, 0.05) is 12.8 Å². The fourth-order valence-corrected chi connectivity index (χ4v) is 3.45. The lowest BCUT2D eigenvalue weighted by molar-refractivity contribution is -0.144. The summed E-state index contributed by atoms with van der Waals surface area (Å²) in [5.74, 6) is 0.625. The number of hydrogen-bond acceptors (Lipinski definition) is 4. The number of allylic oxidation sites excluding steroid dienone is 1. The number of amides is 1. The van der Waals surface area contributed by atoms with Crippen LogP contribution < -0.4 is 9.64 Å². The van der Waals surface area contributed by atoms with E-state index in [1.54, 1.807) is 12.0 Å². The lowest BCUT2D eigenvalue weighted by Crippen LogP contribution is -2.70. The smallest absolute Gasteiger partial charge is 0.258 e. The van der Waals surface area contributed by atoms with Gasteiger partial charge in [-0.3, -0.25) is 4.79 Å². The van der Waals surface area contributed by atoms with Crippen molar-refractivity contribution >= 4 is 11.6 Å². The number of β-lactam (4-membered cyclic amide) rings is 1. The highest BCUT2D eigenvalue weighted by Crippen LogP contribution is 2.35. The van der Waals surface area contributed by atoms with Crippen molar-refractivity contribution in [3.05, 3.63) is 35.9 Å². The van der Waals surface area contributed by atoms with Gasteiger partial charge in [-0.05, 0) is 49.9 Å². The highest BCUT2D eigenvalue weighted by Gasteiger charge is 2.52. The van der Waals surface area contributed by atoms with Gasteiger partial charge >= 0.3 is 0 Å². The van der Waals surface area contributed by atoms with Gasteiger partial charge < -0.3 is 19.5 Å². The minimum Gasteiger partial charge on any atom is -0.497 e. The molecule has 124 valence electrons. The number of nitrogens with zero attached hydrogens (tertiary/aromatic N) is 1.